The molecule has 3 rings (SSSR count). The predicted molar refractivity (Wildman–Crippen MR) is 80.2 cm³/mol. The molecular formula is C15H12N4O3. The first-order valence-electron chi connectivity index (χ1n) is 6.58. The molecule has 0 saturated carbocycles. The number of nitro groups is 1. The molecule has 0 bridgehead atoms. The first-order valence-corrected chi connectivity index (χ1v) is 6.58. The zero-order chi connectivity index (χ0) is 15.4. The predicted octanol–water partition coefficient (Wildman–Crippen LogP) is 3.26. The van der Waals surface area contributed by atoms with Crippen molar-refractivity contribution in [2.45, 2.75) is 6.54 Å². The lowest BCUT2D eigenvalue weighted by Gasteiger charge is -2.02. The summed E-state index contributed by atoms with van der Waals surface area (Å²) in [6, 6.07) is 15.7. The fourth-order valence-corrected chi connectivity index (χ4v) is 1.93. The standard InChI is InChI=1S/C15H12N4O3/c20-19(21)13-8-4-7-12(9-13)16-10-14-17-18-15(22-14)11-5-2-1-3-6-11/h1-9,16H,10H2. The van der Waals surface area contributed by atoms with Gasteiger partial charge in [-0.3, -0.25) is 10.1 Å². The second-order valence-corrected chi connectivity index (χ2v) is 4.53. The van der Waals surface area contributed by atoms with Gasteiger partial charge < -0.3 is 9.73 Å². The Morgan fingerprint density at radius 1 is 1.09 bits per heavy atom. The van der Waals surface area contributed by atoms with Crippen molar-refractivity contribution in [1.82, 2.24) is 10.2 Å². The summed E-state index contributed by atoms with van der Waals surface area (Å²) in [5.41, 5.74) is 1.49. The smallest absolute Gasteiger partial charge is 0.271 e. The maximum Gasteiger partial charge on any atom is 0.271 e. The van der Waals surface area contributed by atoms with Crippen molar-refractivity contribution in [2.75, 3.05) is 5.32 Å². The molecule has 110 valence electrons. The summed E-state index contributed by atoms with van der Waals surface area (Å²) in [7, 11) is 0. The summed E-state index contributed by atoms with van der Waals surface area (Å²) in [6.45, 7) is 0.293. The molecule has 22 heavy (non-hydrogen) atoms. The Morgan fingerprint density at radius 3 is 2.68 bits per heavy atom. The molecule has 0 unspecified atom stereocenters. The minimum absolute atomic E-state index is 0.0282. The van der Waals surface area contributed by atoms with Crippen LogP contribution in [0.1, 0.15) is 5.89 Å². The van der Waals surface area contributed by atoms with E-state index in [9.17, 15) is 10.1 Å². The average molecular weight is 296 g/mol. The van der Waals surface area contributed by atoms with Crippen molar-refractivity contribution >= 4 is 11.4 Å². The molecule has 3 aromatic rings. The number of non-ortho nitro benzene ring substituents is 1. The highest BCUT2D eigenvalue weighted by Gasteiger charge is 2.09. The second kappa shape index (κ2) is 6.04. The lowest BCUT2D eigenvalue weighted by Crippen LogP contribution is -2.00. The van der Waals surface area contributed by atoms with Crippen LogP contribution in [0.15, 0.2) is 59.0 Å². The number of rotatable bonds is 5. The van der Waals surface area contributed by atoms with Crippen molar-refractivity contribution in [3.63, 3.8) is 0 Å². The maximum absolute atomic E-state index is 10.7. The molecule has 0 saturated heterocycles. The van der Waals surface area contributed by atoms with Crippen LogP contribution in [0.2, 0.25) is 0 Å². The molecule has 1 N–H and O–H groups in total. The molecule has 0 fully saturated rings. The van der Waals surface area contributed by atoms with Crippen LogP contribution in [0.4, 0.5) is 11.4 Å². The van der Waals surface area contributed by atoms with E-state index in [-0.39, 0.29) is 5.69 Å². The molecular weight excluding hydrogens is 284 g/mol. The van der Waals surface area contributed by atoms with Crippen LogP contribution in [0.5, 0.6) is 0 Å². The summed E-state index contributed by atoms with van der Waals surface area (Å²) < 4.78 is 5.55. The van der Waals surface area contributed by atoms with E-state index >= 15 is 0 Å². The van der Waals surface area contributed by atoms with Crippen LogP contribution in [0, 0.1) is 10.1 Å². The molecule has 0 aliphatic carbocycles. The summed E-state index contributed by atoms with van der Waals surface area (Å²) in [5.74, 6) is 0.849. The molecule has 0 spiro atoms. The Hall–Kier alpha value is -3.22. The molecule has 1 aromatic heterocycles. The third kappa shape index (κ3) is 3.09. The van der Waals surface area contributed by atoms with E-state index in [0.29, 0.717) is 24.0 Å². The third-order valence-corrected chi connectivity index (χ3v) is 2.99. The zero-order valence-electron chi connectivity index (χ0n) is 11.5. The molecule has 7 nitrogen and oxygen atoms in total. The van der Waals surface area contributed by atoms with Crippen LogP contribution in [-0.2, 0) is 6.54 Å². The minimum atomic E-state index is -0.439. The first kappa shape index (κ1) is 13.7. The van der Waals surface area contributed by atoms with Gasteiger partial charge in [-0.05, 0) is 18.2 Å². The van der Waals surface area contributed by atoms with Gasteiger partial charge in [0, 0.05) is 23.4 Å². The summed E-state index contributed by atoms with van der Waals surface area (Å²) >= 11 is 0. The van der Waals surface area contributed by atoms with E-state index in [1.165, 1.54) is 12.1 Å². The lowest BCUT2D eigenvalue weighted by molar-refractivity contribution is -0.384. The lowest BCUT2D eigenvalue weighted by atomic mass is 10.2. The molecule has 0 radical (unpaired) electrons. The van der Waals surface area contributed by atoms with Gasteiger partial charge in [0.2, 0.25) is 11.8 Å². The Bertz CT molecular complexity index is 786. The molecule has 7 heteroatoms. The molecule has 2 aromatic carbocycles. The van der Waals surface area contributed by atoms with E-state index in [2.05, 4.69) is 15.5 Å². The van der Waals surface area contributed by atoms with Crippen molar-refractivity contribution in [3.05, 3.63) is 70.6 Å². The third-order valence-electron chi connectivity index (χ3n) is 2.99. The topological polar surface area (TPSA) is 94.1 Å². The second-order valence-electron chi connectivity index (χ2n) is 4.53. The van der Waals surface area contributed by atoms with Gasteiger partial charge in [0.25, 0.3) is 5.69 Å². The van der Waals surface area contributed by atoms with Crippen molar-refractivity contribution in [1.29, 1.82) is 0 Å². The fourth-order valence-electron chi connectivity index (χ4n) is 1.93. The number of nitrogens with one attached hydrogen (secondary N) is 1. The largest absolute Gasteiger partial charge is 0.419 e. The Morgan fingerprint density at radius 2 is 1.91 bits per heavy atom. The van der Waals surface area contributed by atoms with Gasteiger partial charge in [-0.25, -0.2) is 0 Å². The number of nitrogens with zero attached hydrogens (tertiary/aromatic N) is 3. The van der Waals surface area contributed by atoms with Gasteiger partial charge in [0.05, 0.1) is 11.5 Å². The SMILES string of the molecule is O=[N+]([O-])c1cccc(NCc2nnc(-c3ccccc3)o2)c1. The number of anilines is 1. The Labute approximate surface area is 125 Å². The van der Waals surface area contributed by atoms with Gasteiger partial charge in [-0.15, -0.1) is 10.2 Å². The molecule has 0 aliphatic rings. The van der Waals surface area contributed by atoms with Crippen molar-refractivity contribution in [2.24, 2.45) is 0 Å². The molecule has 1 heterocycles. The average Bonchev–Trinajstić information content (AvgIpc) is 3.03. The van der Waals surface area contributed by atoms with Crippen LogP contribution in [0.25, 0.3) is 11.5 Å². The maximum atomic E-state index is 10.7. The first-order chi connectivity index (χ1) is 10.7. The molecule has 0 atom stereocenters. The fraction of sp³-hybridized carbons (Fsp3) is 0.0667. The van der Waals surface area contributed by atoms with E-state index in [1.807, 2.05) is 30.3 Å². The highest BCUT2D eigenvalue weighted by Crippen LogP contribution is 2.19. The zero-order valence-corrected chi connectivity index (χ0v) is 11.5. The number of nitro benzene ring substituents is 1. The highest BCUT2D eigenvalue weighted by atomic mass is 16.6. The van der Waals surface area contributed by atoms with E-state index < -0.39 is 4.92 Å². The van der Waals surface area contributed by atoms with Gasteiger partial charge >= 0.3 is 0 Å². The monoisotopic (exact) mass is 296 g/mol. The van der Waals surface area contributed by atoms with Gasteiger partial charge in [0.15, 0.2) is 0 Å². The minimum Gasteiger partial charge on any atom is -0.419 e. The number of hydrogen-bond donors (Lipinski definition) is 1. The molecule has 0 amide bonds. The number of aromatic nitrogens is 2. The van der Waals surface area contributed by atoms with Gasteiger partial charge in [-0.2, -0.15) is 0 Å². The van der Waals surface area contributed by atoms with Crippen LogP contribution < -0.4 is 5.32 Å². The van der Waals surface area contributed by atoms with Crippen LogP contribution in [0.3, 0.4) is 0 Å². The Kier molecular flexibility index (Phi) is 3.78. The van der Waals surface area contributed by atoms with Gasteiger partial charge in [-0.1, -0.05) is 24.3 Å². The van der Waals surface area contributed by atoms with E-state index in [4.69, 9.17) is 4.42 Å². The van der Waals surface area contributed by atoms with Crippen LogP contribution in [-0.4, -0.2) is 15.1 Å². The quantitative estimate of drug-likeness (QED) is 0.573. The summed E-state index contributed by atoms with van der Waals surface area (Å²) in [5, 5.41) is 21.7. The van der Waals surface area contributed by atoms with E-state index in [1.54, 1.807) is 12.1 Å². The van der Waals surface area contributed by atoms with Crippen molar-refractivity contribution < 1.29 is 9.34 Å². The molecule has 0 aliphatic heterocycles. The summed E-state index contributed by atoms with van der Waals surface area (Å²) in [6.07, 6.45) is 0. The van der Waals surface area contributed by atoms with Crippen LogP contribution >= 0.6 is 0 Å². The van der Waals surface area contributed by atoms with Gasteiger partial charge in [0.1, 0.15) is 0 Å². The normalized spacial score (nSPS) is 10.4. The Balaban J connectivity index is 1.69. The van der Waals surface area contributed by atoms with E-state index in [0.717, 1.165) is 5.56 Å². The summed E-state index contributed by atoms with van der Waals surface area (Å²) in [4.78, 5) is 10.3. The number of hydrogen-bond acceptors (Lipinski definition) is 6. The highest BCUT2D eigenvalue weighted by molar-refractivity contribution is 5.52. The number of benzene rings is 2. The van der Waals surface area contributed by atoms with Crippen molar-refractivity contribution in [3.8, 4) is 11.5 Å².